The molecule has 0 radical (unpaired) electrons. The molecule has 0 spiro atoms. The van der Waals surface area contributed by atoms with E-state index >= 15 is 0 Å². The molecule has 0 aliphatic carbocycles. The van der Waals surface area contributed by atoms with Gasteiger partial charge in [-0.25, -0.2) is 4.98 Å². The summed E-state index contributed by atoms with van der Waals surface area (Å²) in [5, 5.41) is 12.9. The molecule has 0 bridgehead atoms. The maximum Gasteiger partial charge on any atom is 0.0955 e. The van der Waals surface area contributed by atoms with Crippen LogP contribution in [0.4, 0.5) is 0 Å². The number of hydrogen-bond donors (Lipinski definition) is 1. The summed E-state index contributed by atoms with van der Waals surface area (Å²) < 4.78 is 5.38. The number of thiazole rings is 1. The maximum absolute atomic E-state index is 9.81. The van der Waals surface area contributed by atoms with Gasteiger partial charge in [0.15, 0.2) is 0 Å². The standard InChI is InChI=1S/C13H23NO2S/c1-9(2)16-7-10(15)6-12-14-11(8-17-12)13(3,4)5/h8-10,15H,6-7H2,1-5H3. The van der Waals surface area contributed by atoms with Gasteiger partial charge in [0.05, 0.1) is 29.5 Å². The van der Waals surface area contributed by atoms with Gasteiger partial charge < -0.3 is 9.84 Å². The highest BCUT2D eigenvalue weighted by Crippen LogP contribution is 2.24. The van der Waals surface area contributed by atoms with Crippen molar-refractivity contribution in [2.75, 3.05) is 6.61 Å². The highest BCUT2D eigenvalue weighted by Gasteiger charge is 2.18. The van der Waals surface area contributed by atoms with Gasteiger partial charge in [-0.1, -0.05) is 20.8 Å². The highest BCUT2D eigenvalue weighted by atomic mass is 32.1. The first-order valence-electron chi connectivity index (χ1n) is 6.03. The molecule has 1 atom stereocenters. The lowest BCUT2D eigenvalue weighted by molar-refractivity contribution is 0.00618. The van der Waals surface area contributed by atoms with Crippen molar-refractivity contribution in [3.63, 3.8) is 0 Å². The molecule has 3 nitrogen and oxygen atoms in total. The van der Waals surface area contributed by atoms with Crippen LogP contribution in [0.3, 0.4) is 0 Å². The number of aliphatic hydroxyl groups is 1. The second-order valence-corrected chi connectivity index (χ2v) is 6.56. The predicted octanol–water partition coefficient (Wildman–Crippen LogP) is 2.77. The van der Waals surface area contributed by atoms with Crippen molar-refractivity contribution in [2.24, 2.45) is 0 Å². The number of nitrogens with zero attached hydrogens (tertiary/aromatic N) is 1. The van der Waals surface area contributed by atoms with Gasteiger partial charge in [0, 0.05) is 17.2 Å². The first kappa shape index (κ1) is 14.6. The van der Waals surface area contributed by atoms with E-state index in [1.54, 1.807) is 11.3 Å². The fourth-order valence-corrected chi connectivity index (χ4v) is 2.41. The molecule has 4 heteroatoms. The fourth-order valence-electron chi connectivity index (χ4n) is 1.31. The number of aliphatic hydroxyl groups excluding tert-OH is 1. The molecule has 1 N–H and O–H groups in total. The third-order valence-corrected chi connectivity index (χ3v) is 3.22. The first-order chi connectivity index (χ1) is 7.79. The SMILES string of the molecule is CC(C)OCC(O)Cc1nc(C(C)(C)C)cs1. The quantitative estimate of drug-likeness (QED) is 0.882. The summed E-state index contributed by atoms with van der Waals surface area (Å²) in [6.07, 6.45) is 0.274. The molecule has 0 saturated heterocycles. The summed E-state index contributed by atoms with van der Waals surface area (Å²) in [7, 11) is 0. The van der Waals surface area contributed by atoms with E-state index in [9.17, 15) is 5.11 Å². The summed E-state index contributed by atoms with van der Waals surface area (Å²) in [6.45, 7) is 10.7. The van der Waals surface area contributed by atoms with E-state index in [-0.39, 0.29) is 11.5 Å². The Labute approximate surface area is 108 Å². The monoisotopic (exact) mass is 257 g/mol. The second-order valence-electron chi connectivity index (χ2n) is 5.62. The van der Waals surface area contributed by atoms with Gasteiger partial charge in [-0.15, -0.1) is 11.3 Å². The summed E-state index contributed by atoms with van der Waals surface area (Å²) in [5.41, 5.74) is 1.17. The van der Waals surface area contributed by atoms with Gasteiger partial charge in [-0.05, 0) is 13.8 Å². The summed E-state index contributed by atoms with van der Waals surface area (Å²) in [6, 6.07) is 0. The molecule has 17 heavy (non-hydrogen) atoms. The fraction of sp³-hybridized carbons (Fsp3) is 0.769. The molecule has 1 rings (SSSR count). The van der Waals surface area contributed by atoms with E-state index in [1.807, 2.05) is 13.8 Å². The maximum atomic E-state index is 9.81. The zero-order valence-electron chi connectivity index (χ0n) is 11.4. The zero-order chi connectivity index (χ0) is 13.1. The van der Waals surface area contributed by atoms with Crippen LogP contribution in [0.25, 0.3) is 0 Å². The molecular formula is C13H23NO2S. The topological polar surface area (TPSA) is 42.4 Å². The van der Waals surface area contributed by atoms with Crippen LogP contribution in [0.2, 0.25) is 0 Å². The second kappa shape index (κ2) is 5.94. The third-order valence-electron chi connectivity index (χ3n) is 2.35. The first-order valence-corrected chi connectivity index (χ1v) is 6.91. The van der Waals surface area contributed by atoms with Crippen molar-refractivity contribution in [3.05, 3.63) is 16.1 Å². The van der Waals surface area contributed by atoms with Crippen LogP contribution in [-0.4, -0.2) is 28.9 Å². The van der Waals surface area contributed by atoms with Crippen LogP contribution in [0.1, 0.15) is 45.3 Å². The van der Waals surface area contributed by atoms with E-state index in [0.29, 0.717) is 13.0 Å². The normalized spacial score (nSPS) is 14.3. The van der Waals surface area contributed by atoms with Crippen molar-refractivity contribution in [2.45, 2.75) is 58.7 Å². The Morgan fingerprint density at radius 2 is 2.06 bits per heavy atom. The molecule has 1 aromatic rings. The Bertz CT molecular complexity index is 341. The highest BCUT2D eigenvalue weighted by molar-refractivity contribution is 7.09. The van der Waals surface area contributed by atoms with E-state index in [0.717, 1.165) is 10.7 Å². The minimum atomic E-state index is -0.462. The van der Waals surface area contributed by atoms with Gasteiger partial charge in [0.1, 0.15) is 0 Å². The minimum Gasteiger partial charge on any atom is -0.390 e. The average molecular weight is 257 g/mol. The van der Waals surface area contributed by atoms with E-state index in [2.05, 4.69) is 31.1 Å². The Morgan fingerprint density at radius 3 is 2.53 bits per heavy atom. The average Bonchev–Trinajstić information content (AvgIpc) is 2.62. The molecule has 1 unspecified atom stereocenters. The lowest BCUT2D eigenvalue weighted by Crippen LogP contribution is -2.21. The lowest BCUT2D eigenvalue weighted by Gasteiger charge is -2.14. The van der Waals surface area contributed by atoms with E-state index in [4.69, 9.17) is 4.74 Å². The molecule has 0 saturated carbocycles. The predicted molar refractivity (Wildman–Crippen MR) is 71.6 cm³/mol. The Morgan fingerprint density at radius 1 is 1.41 bits per heavy atom. The zero-order valence-corrected chi connectivity index (χ0v) is 12.2. The number of aromatic nitrogens is 1. The molecule has 1 heterocycles. The van der Waals surface area contributed by atoms with E-state index < -0.39 is 6.10 Å². The van der Waals surface area contributed by atoms with Crippen LogP contribution in [0, 0.1) is 0 Å². The Hall–Kier alpha value is -0.450. The van der Waals surface area contributed by atoms with Crippen molar-refractivity contribution in [1.82, 2.24) is 4.98 Å². The molecule has 98 valence electrons. The molecule has 0 amide bonds. The van der Waals surface area contributed by atoms with E-state index in [1.165, 1.54) is 0 Å². The Kier molecular flexibility index (Phi) is 5.10. The van der Waals surface area contributed by atoms with Crippen LogP contribution in [-0.2, 0) is 16.6 Å². The summed E-state index contributed by atoms with van der Waals surface area (Å²) in [4.78, 5) is 4.55. The lowest BCUT2D eigenvalue weighted by atomic mass is 9.93. The summed E-state index contributed by atoms with van der Waals surface area (Å²) >= 11 is 1.61. The molecular weight excluding hydrogens is 234 g/mol. The minimum absolute atomic E-state index is 0.0775. The molecule has 0 aromatic carbocycles. The van der Waals surface area contributed by atoms with Crippen LogP contribution in [0.15, 0.2) is 5.38 Å². The molecule has 0 aliphatic heterocycles. The molecule has 0 fully saturated rings. The largest absolute Gasteiger partial charge is 0.390 e. The molecule has 1 aromatic heterocycles. The van der Waals surface area contributed by atoms with Gasteiger partial charge >= 0.3 is 0 Å². The van der Waals surface area contributed by atoms with Crippen LogP contribution in [0.5, 0.6) is 0 Å². The van der Waals surface area contributed by atoms with Crippen molar-refractivity contribution >= 4 is 11.3 Å². The Balaban J connectivity index is 2.49. The van der Waals surface area contributed by atoms with Crippen LogP contribution >= 0.6 is 11.3 Å². The van der Waals surface area contributed by atoms with Crippen molar-refractivity contribution in [1.29, 1.82) is 0 Å². The number of ether oxygens (including phenoxy) is 1. The van der Waals surface area contributed by atoms with Gasteiger partial charge in [-0.2, -0.15) is 0 Å². The van der Waals surface area contributed by atoms with Gasteiger partial charge in [0.2, 0.25) is 0 Å². The van der Waals surface area contributed by atoms with Gasteiger partial charge in [-0.3, -0.25) is 0 Å². The number of rotatable bonds is 5. The van der Waals surface area contributed by atoms with Crippen LogP contribution < -0.4 is 0 Å². The van der Waals surface area contributed by atoms with Crippen molar-refractivity contribution in [3.8, 4) is 0 Å². The van der Waals surface area contributed by atoms with Gasteiger partial charge in [0.25, 0.3) is 0 Å². The third kappa shape index (κ3) is 5.15. The molecule has 0 aliphatic rings. The smallest absolute Gasteiger partial charge is 0.0955 e. The van der Waals surface area contributed by atoms with Crippen molar-refractivity contribution < 1.29 is 9.84 Å². The summed E-state index contributed by atoms with van der Waals surface area (Å²) in [5.74, 6) is 0. The number of hydrogen-bond acceptors (Lipinski definition) is 4.